The Balaban J connectivity index is 2.38. The zero-order valence-electron chi connectivity index (χ0n) is 9.44. The fourth-order valence-corrected chi connectivity index (χ4v) is 2.50. The number of anilines is 1. The molecule has 1 fully saturated rings. The Bertz CT molecular complexity index is 462. The molecule has 1 heterocycles. The Labute approximate surface area is 108 Å². The Kier molecular flexibility index (Phi) is 3.47. The van der Waals surface area contributed by atoms with Crippen molar-refractivity contribution in [3.8, 4) is 0 Å². The molecule has 1 N–H and O–H groups in total. The first-order chi connectivity index (χ1) is 8.13. The highest BCUT2D eigenvalue weighted by molar-refractivity contribution is 9.09. The number of amides is 2. The zero-order valence-corrected chi connectivity index (χ0v) is 11.0. The van der Waals surface area contributed by atoms with Crippen LogP contribution in [0.2, 0.25) is 0 Å². The number of hydrogen-bond acceptors (Lipinski definition) is 2. The molecule has 0 aromatic heterocycles. The molecule has 1 saturated heterocycles. The third-order valence-corrected chi connectivity index (χ3v) is 3.36. The van der Waals surface area contributed by atoms with Crippen LogP contribution >= 0.6 is 15.9 Å². The van der Waals surface area contributed by atoms with E-state index in [4.69, 9.17) is 0 Å². The molecule has 0 bridgehead atoms. The van der Waals surface area contributed by atoms with Gasteiger partial charge in [0, 0.05) is 24.8 Å². The second kappa shape index (κ2) is 4.87. The summed E-state index contributed by atoms with van der Waals surface area (Å²) in [7, 11) is 1.58. The van der Waals surface area contributed by atoms with Crippen LogP contribution in [0.25, 0.3) is 0 Å². The molecule has 0 spiro atoms. The smallest absolute Gasteiger partial charge is 0.253 e. The summed E-state index contributed by atoms with van der Waals surface area (Å²) < 4.78 is 0. The number of nitrogens with zero attached hydrogens (tertiary/aromatic N) is 1. The lowest BCUT2D eigenvalue weighted by atomic mass is 10.1. The van der Waals surface area contributed by atoms with Gasteiger partial charge >= 0.3 is 0 Å². The molecule has 0 radical (unpaired) electrons. The monoisotopic (exact) mass is 296 g/mol. The molecule has 1 aliphatic rings. The van der Waals surface area contributed by atoms with Gasteiger partial charge in [0.2, 0.25) is 5.91 Å². The minimum Gasteiger partial charge on any atom is -0.355 e. The molecule has 1 aromatic rings. The molecular formula is C12H13BrN2O2. The number of rotatable bonds is 2. The van der Waals surface area contributed by atoms with E-state index in [-0.39, 0.29) is 16.6 Å². The average molecular weight is 297 g/mol. The summed E-state index contributed by atoms with van der Waals surface area (Å²) in [4.78, 5) is 25.3. The Morgan fingerprint density at radius 3 is 2.76 bits per heavy atom. The van der Waals surface area contributed by atoms with Gasteiger partial charge in [-0.15, -0.1) is 0 Å². The van der Waals surface area contributed by atoms with E-state index in [2.05, 4.69) is 21.2 Å². The van der Waals surface area contributed by atoms with Crippen molar-refractivity contribution in [2.75, 3.05) is 18.5 Å². The van der Waals surface area contributed by atoms with Crippen LogP contribution in [0.4, 0.5) is 5.69 Å². The topological polar surface area (TPSA) is 49.4 Å². The van der Waals surface area contributed by atoms with Crippen LogP contribution in [-0.2, 0) is 4.79 Å². The van der Waals surface area contributed by atoms with Crippen molar-refractivity contribution >= 4 is 33.4 Å². The van der Waals surface area contributed by atoms with Crippen molar-refractivity contribution in [2.45, 2.75) is 11.2 Å². The summed E-state index contributed by atoms with van der Waals surface area (Å²) in [6, 6.07) is 7.15. The van der Waals surface area contributed by atoms with Crippen molar-refractivity contribution in [3.63, 3.8) is 0 Å². The number of carbonyl (C=O) groups is 2. The lowest BCUT2D eigenvalue weighted by molar-refractivity contribution is -0.117. The van der Waals surface area contributed by atoms with Crippen LogP contribution in [-0.4, -0.2) is 30.2 Å². The molecular weight excluding hydrogens is 284 g/mol. The van der Waals surface area contributed by atoms with E-state index < -0.39 is 0 Å². The molecule has 5 heteroatoms. The lowest BCUT2D eigenvalue weighted by Crippen LogP contribution is -2.28. The van der Waals surface area contributed by atoms with Gasteiger partial charge in [-0.3, -0.25) is 9.59 Å². The van der Waals surface area contributed by atoms with Gasteiger partial charge in [0.05, 0.1) is 11.3 Å². The van der Waals surface area contributed by atoms with Crippen LogP contribution in [0.3, 0.4) is 0 Å². The molecule has 1 unspecified atom stereocenters. The molecule has 0 aliphatic carbocycles. The molecule has 17 heavy (non-hydrogen) atoms. The fraction of sp³-hybridized carbons (Fsp3) is 0.333. The summed E-state index contributed by atoms with van der Waals surface area (Å²) in [6.07, 6.45) is 0.474. The predicted octanol–water partition coefficient (Wildman–Crippen LogP) is 1.55. The molecule has 90 valence electrons. The van der Waals surface area contributed by atoms with Crippen LogP contribution in [0.15, 0.2) is 24.3 Å². The first kappa shape index (κ1) is 12.1. The molecule has 1 atom stereocenters. The number of nitrogens with one attached hydrogen (secondary N) is 1. The van der Waals surface area contributed by atoms with Crippen molar-refractivity contribution in [1.29, 1.82) is 0 Å². The Morgan fingerprint density at radius 1 is 1.47 bits per heavy atom. The summed E-state index contributed by atoms with van der Waals surface area (Å²) in [5.74, 6) is -0.130. The van der Waals surface area contributed by atoms with Crippen LogP contribution in [0.1, 0.15) is 16.8 Å². The SMILES string of the molecule is CNC(=O)c1ccccc1N1CC(Br)CC1=O. The van der Waals surface area contributed by atoms with Crippen LogP contribution < -0.4 is 10.2 Å². The summed E-state index contributed by atoms with van der Waals surface area (Å²) in [5.41, 5.74) is 1.21. The first-order valence-electron chi connectivity index (χ1n) is 5.39. The van der Waals surface area contributed by atoms with Crippen molar-refractivity contribution in [2.24, 2.45) is 0 Å². The minimum atomic E-state index is -0.175. The van der Waals surface area contributed by atoms with Gasteiger partial charge in [0.25, 0.3) is 5.91 Å². The van der Waals surface area contributed by atoms with E-state index in [0.717, 1.165) is 0 Å². The summed E-state index contributed by atoms with van der Waals surface area (Å²) in [5, 5.41) is 2.58. The van der Waals surface area contributed by atoms with Gasteiger partial charge < -0.3 is 10.2 Å². The molecule has 1 aromatic carbocycles. The third-order valence-electron chi connectivity index (χ3n) is 2.74. The zero-order chi connectivity index (χ0) is 12.4. The number of para-hydroxylation sites is 1. The fourth-order valence-electron chi connectivity index (χ4n) is 1.93. The van der Waals surface area contributed by atoms with E-state index in [1.807, 2.05) is 6.07 Å². The van der Waals surface area contributed by atoms with E-state index in [1.165, 1.54) is 0 Å². The van der Waals surface area contributed by atoms with Gasteiger partial charge in [0.15, 0.2) is 0 Å². The molecule has 0 saturated carbocycles. The summed E-state index contributed by atoms with van der Waals surface area (Å²) in [6.45, 7) is 0.604. The highest BCUT2D eigenvalue weighted by Crippen LogP contribution is 2.27. The highest BCUT2D eigenvalue weighted by atomic mass is 79.9. The highest BCUT2D eigenvalue weighted by Gasteiger charge is 2.30. The minimum absolute atomic E-state index is 0.0447. The van der Waals surface area contributed by atoms with Gasteiger partial charge in [-0.05, 0) is 12.1 Å². The molecule has 2 amide bonds. The number of benzene rings is 1. The summed E-state index contributed by atoms with van der Waals surface area (Å²) >= 11 is 3.43. The number of alkyl halides is 1. The van der Waals surface area contributed by atoms with Gasteiger partial charge in [-0.1, -0.05) is 28.1 Å². The van der Waals surface area contributed by atoms with E-state index in [1.54, 1.807) is 30.1 Å². The quantitative estimate of drug-likeness (QED) is 0.842. The molecule has 2 rings (SSSR count). The maximum absolute atomic E-state index is 11.8. The van der Waals surface area contributed by atoms with E-state index in [0.29, 0.717) is 24.2 Å². The third kappa shape index (κ3) is 2.34. The normalized spacial score (nSPS) is 19.5. The number of carbonyl (C=O) groups excluding carboxylic acids is 2. The maximum atomic E-state index is 11.8. The second-order valence-electron chi connectivity index (χ2n) is 3.90. The predicted molar refractivity (Wildman–Crippen MR) is 69.5 cm³/mol. The Morgan fingerprint density at radius 2 is 2.18 bits per heavy atom. The van der Waals surface area contributed by atoms with Crippen molar-refractivity contribution in [3.05, 3.63) is 29.8 Å². The largest absolute Gasteiger partial charge is 0.355 e. The van der Waals surface area contributed by atoms with Crippen LogP contribution in [0, 0.1) is 0 Å². The van der Waals surface area contributed by atoms with E-state index in [9.17, 15) is 9.59 Å². The second-order valence-corrected chi connectivity index (χ2v) is 5.20. The standard InChI is InChI=1S/C12H13BrN2O2/c1-14-12(17)9-4-2-3-5-10(9)15-7-8(13)6-11(15)16/h2-5,8H,6-7H2,1H3,(H,14,17). The van der Waals surface area contributed by atoms with Gasteiger partial charge in [-0.2, -0.15) is 0 Å². The number of hydrogen-bond donors (Lipinski definition) is 1. The average Bonchev–Trinajstić information content (AvgIpc) is 2.67. The Hall–Kier alpha value is -1.36. The van der Waals surface area contributed by atoms with Crippen LogP contribution in [0.5, 0.6) is 0 Å². The molecule has 1 aliphatic heterocycles. The van der Waals surface area contributed by atoms with Gasteiger partial charge in [0.1, 0.15) is 0 Å². The van der Waals surface area contributed by atoms with Crippen molar-refractivity contribution < 1.29 is 9.59 Å². The van der Waals surface area contributed by atoms with E-state index >= 15 is 0 Å². The lowest BCUT2D eigenvalue weighted by Gasteiger charge is -2.19. The van der Waals surface area contributed by atoms with Gasteiger partial charge in [-0.25, -0.2) is 0 Å². The first-order valence-corrected chi connectivity index (χ1v) is 6.30. The molecule has 4 nitrogen and oxygen atoms in total. The van der Waals surface area contributed by atoms with Crippen molar-refractivity contribution in [1.82, 2.24) is 5.32 Å². The number of halogens is 1. The maximum Gasteiger partial charge on any atom is 0.253 e.